The van der Waals surface area contributed by atoms with Crippen LogP contribution >= 0.6 is 11.6 Å². The van der Waals surface area contributed by atoms with E-state index in [9.17, 15) is 18.0 Å². The van der Waals surface area contributed by atoms with Crippen LogP contribution < -0.4 is 11.1 Å². The van der Waals surface area contributed by atoms with E-state index in [1.54, 1.807) is 5.32 Å². The second-order valence-electron chi connectivity index (χ2n) is 2.73. The standard InChI is InChI=1S/C8H6ClF3N2O/c9-4-1-5(13)3-6(2-4)14-7(15)8(10,11)12/h1-3H,13H2,(H,14,15). The first-order valence-corrected chi connectivity index (χ1v) is 4.11. The number of nitrogen functional groups attached to an aromatic ring is 1. The summed E-state index contributed by atoms with van der Waals surface area (Å²) in [4.78, 5) is 10.5. The highest BCUT2D eigenvalue weighted by molar-refractivity contribution is 6.31. The topological polar surface area (TPSA) is 55.1 Å². The number of alkyl halides is 3. The first-order valence-electron chi connectivity index (χ1n) is 3.73. The van der Waals surface area contributed by atoms with Crippen molar-refractivity contribution < 1.29 is 18.0 Å². The van der Waals surface area contributed by atoms with Gasteiger partial charge in [0.25, 0.3) is 0 Å². The van der Waals surface area contributed by atoms with Crippen LogP contribution in [0, 0.1) is 0 Å². The SMILES string of the molecule is Nc1cc(Cl)cc(NC(=O)C(F)(F)F)c1. The van der Waals surface area contributed by atoms with E-state index in [4.69, 9.17) is 17.3 Å². The van der Waals surface area contributed by atoms with Crippen LogP contribution in [0.3, 0.4) is 0 Å². The number of nitrogens with one attached hydrogen (secondary N) is 1. The number of hydrogen-bond donors (Lipinski definition) is 2. The van der Waals surface area contributed by atoms with Crippen molar-refractivity contribution in [2.24, 2.45) is 0 Å². The number of nitrogens with two attached hydrogens (primary N) is 1. The van der Waals surface area contributed by atoms with E-state index in [0.29, 0.717) is 0 Å². The molecule has 0 atom stereocenters. The molecule has 3 N–H and O–H groups in total. The molecule has 0 bridgehead atoms. The van der Waals surface area contributed by atoms with E-state index in [2.05, 4.69) is 0 Å². The van der Waals surface area contributed by atoms with Crippen molar-refractivity contribution in [3.63, 3.8) is 0 Å². The van der Waals surface area contributed by atoms with Crippen molar-refractivity contribution in [2.45, 2.75) is 6.18 Å². The Labute approximate surface area is 88.0 Å². The fourth-order valence-electron chi connectivity index (χ4n) is 0.886. The minimum absolute atomic E-state index is 0.0951. The lowest BCUT2D eigenvalue weighted by Crippen LogP contribution is -2.29. The molecule has 0 aliphatic carbocycles. The van der Waals surface area contributed by atoms with Gasteiger partial charge in [-0.1, -0.05) is 11.6 Å². The van der Waals surface area contributed by atoms with Crippen LogP contribution in [0.2, 0.25) is 5.02 Å². The Balaban J connectivity index is 2.86. The molecule has 0 unspecified atom stereocenters. The summed E-state index contributed by atoms with van der Waals surface area (Å²) in [6.07, 6.45) is -4.93. The molecule has 0 aliphatic rings. The van der Waals surface area contributed by atoms with Crippen LogP contribution in [0.5, 0.6) is 0 Å². The molecule has 3 nitrogen and oxygen atoms in total. The smallest absolute Gasteiger partial charge is 0.399 e. The van der Waals surface area contributed by atoms with Gasteiger partial charge in [-0.05, 0) is 18.2 Å². The minimum atomic E-state index is -4.93. The summed E-state index contributed by atoms with van der Waals surface area (Å²) in [6.45, 7) is 0. The first-order chi connectivity index (χ1) is 6.79. The molecule has 0 heterocycles. The third-order valence-corrected chi connectivity index (χ3v) is 1.65. The third kappa shape index (κ3) is 3.32. The molecular weight excluding hydrogens is 233 g/mol. The number of benzene rings is 1. The highest BCUT2D eigenvalue weighted by Crippen LogP contribution is 2.23. The average molecular weight is 239 g/mol. The normalized spacial score (nSPS) is 11.2. The summed E-state index contributed by atoms with van der Waals surface area (Å²) in [5.74, 6) is -2.07. The van der Waals surface area contributed by atoms with Gasteiger partial charge in [-0.25, -0.2) is 0 Å². The van der Waals surface area contributed by atoms with Gasteiger partial charge in [0.2, 0.25) is 0 Å². The molecule has 0 aromatic heterocycles. The Morgan fingerprint density at radius 1 is 1.33 bits per heavy atom. The molecule has 0 spiro atoms. The maximum atomic E-state index is 11.9. The zero-order valence-electron chi connectivity index (χ0n) is 7.23. The van der Waals surface area contributed by atoms with Crippen molar-refractivity contribution in [1.29, 1.82) is 0 Å². The number of rotatable bonds is 1. The molecular formula is C8H6ClF3N2O. The summed E-state index contributed by atoms with van der Waals surface area (Å²) in [5.41, 5.74) is 5.40. The fourth-order valence-corrected chi connectivity index (χ4v) is 1.13. The number of carbonyl (C=O) groups is 1. The summed E-state index contributed by atoms with van der Waals surface area (Å²) in [5, 5.41) is 1.78. The van der Waals surface area contributed by atoms with Gasteiger partial charge in [0.15, 0.2) is 0 Å². The lowest BCUT2D eigenvalue weighted by Gasteiger charge is -2.08. The second kappa shape index (κ2) is 3.98. The largest absolute Gasteiger partial charge is 0.471 e. The fraction of sp³-hybridized carbons (Fsp3) is 0.125. The van der Waals surface area contributed by atoms with Gasteiger partial charge >= 0.3 is 12.1 Å². The van der Waals surface area contributed by atoms with E-state index in [0.717, 1.165) is 0 Å². The number of anilines is 2. The quantitative estimate of drug-likeness (QED) is 0.739. The highest BCUT2D eigenvalue weighted by Gasteiger charge is 2.38. The van der Waals surface area contributed by atoms with E-state index in [-0.39, 0.29) is 16.4 Å². The van der Waals surface area contributed by atoms with Gasteiger partial charge in [-0.2, -0.15) is 13.2 Å². The molecule has 0 saturated heterocycles. The van der Waals surface area contributed by atoms with Crippen molar-refractivity contribution in [3.05, 3.63) is 23.2 Å². The lowest BCUT2D eigenvalue weighted by atomic mass is 10.3. The zero-order valence-corrected chi connectivity index (χ0v) is 7.99. The first kappa shape index (κ1) is 11.6. The second-order valence-corrected chi connectivity index (χ2v) is 3.16. The van der Waals surface area contributed by atoms with Gasteiger partial charge in [0.05, 0.1) is 0 Å². The number of halogens is 4. The predicted molar refractivity (Wildman–Crippen MR) is 50.5 cm³/mol. The molecule has 7 heteroatoms. The predicted octanol–water partition coefficient (Wildman–Crippen LogP) is 2.42. The van der Waals surface area contributed by atoms with E-state index in [1.165, 1.54) is 18.2 Å². The molecule has 1 aromatic carbocycles. The van der Waals surface area contributed by atoms with E-state index < -0.39 is 12.1 Å². The maximum absolute atomic E-state index is 11.9. The Hall–Kier alpha value is -1.43. The zero-order chi connectivity index (χ0) is 11.6. The Morgan fingerprint density at radius 2 is 1.93 bits per heavy atom. The molecule has 0 fully saturated rings. The van der Waals surface area contributed by atoms with Gasteiger partial charge in [-0.3, -0.25) is 4.79 Å². The van der Waals surface area contributed by atoms with Crippen LogP contribution in [0.15, 0.2) is 18.2 Å². The van der Waals surface area contributed by atoms with Crippen LogP contribution in [-0.2, 0) is 4.79 Å². The van der Waals surface area contributed by atoms with Crippen LogP contribution in [-0.4, -0.2) is 12.1 Å². The van der Waals surface area contributed by atoms with Gasteiger partial charge in [0, 0.05) is 16.4 Å². The van der Waals surface area contributed by atoms with Crippen molar-refractivity contribution in [1.82, 2.24) is 0 Å². The van der Waals surface area contributed by atoms with Crippen molar-refractivity contribution in [2.75, 3.05) is 11.1 Å². The Kier molecular flexibility index (Phi) is 3.09. The third-order valence-electron chi connectivity index (χ3n) is 1.44. The van der Waals surface area contributed by atoms with Crippen LogP contribution in [0.4, 0.5) is 24.5 Å². The molecule has 0 radical (unpaired) electrons. The van der Waals surface area contributed by atoms with Crippen LogP contribution in [0.1, 0.15) is 0 Å². The molecule has 1 aromatic rings. The molecule has 82 valence electrons. The summed E-state index contributed by atoms with van der Waals surface area (Å²) in [7, 11) is 0. The molecule has 0 saturated carbocycles. The average Bonchev–Trinajstić information content (AvgIpc) is 1.99. The van der Waals surface area contributed by atoms with Crippen LogP contribution in [0.25, 0.3) is 0 Å². The van der Waals surface area contributed by atoms with E-state index in [1.807, 2.05) is 0 Å². The molecule has 1 rings (SSSR count). The van der Waals surface area contributed by atoms with Gasteiger partial charge in [-0.15, -0.1) is 0 Å². The van der Waals surface area contributed by atoms with E-state index >= 15 is 0 Å². The number of amides is 1. The molecule has 15 heavy (non-hydrogen) atoms. The van der Waals surface area contributed by atoms with Crippen molar-refractivity contribution in [3.8, 4) is 0 Å². The number of hydrogen-bond acceptors (Lipinski definition) is 2. The summed E-state index contributed by atoms with van der Waals surface area (Å²) in [6, 6.07) is 3.70. The highest BCUT2D eigenvalue weighted by atomic mass is 35.5. The minimum Gasteiger partial charge on any atom is -0.399 e. The number of carbonyl (C=O) groups excluding carboxylic acids is 1. The summed E-state index contributed by atoms with van der Waals surface area (Å²) < 4.78 is 35.6. The van der Waals surface area contributed by atoms with Gasteiger partial charge in [0.1, 0.15) is 0 Å². The van der Waals surface area contributed by atoms with Gasteiger partial charge < -0.3 is 11.1 Å². The molecule has 0 aliphatic heterocycles. The Bertz CT molecular complexity index is 372. The Morgan fingerprint density at radius 3 is 2.40 bits per heavy atom. The monoisotopic (exact) mass is 238 g/mol. The van der Waals surface area contributed by atoms with Crippen molar-refractivity contribution >= 4 is 28.9 Å². The summed E-state index contributed by atoms with van der Waals surface area (Å²) >= 11 is 5.54. The lowest BCUT2D eigenvalue weighted by molar-refractivity contribution is -0.167. The maximum Gasteiger partial charge on any atom is 0.471 e. The molecule has 1 amide bonds.